The van der Waals surface area contributed by atoms with E-state index in [0.29, 0.717) is 23.9 Å². The van der Waals surface area contributed by atoms with Gasteiger partial charge in [0.05, 0.1) is 0 Å². The van der Waals surface area contributed by atoms with Crippen molar-refractivity contribution in [2.75, 3.05) is 11.5 Å². The molecule has 0 unspecified atom stereocenters. The molecule has 0 aliphatic carbocycles. The van der Waals surface area contributed by atoms with Crippen molar-refractivity contribution in [2.24, 2.45) is 0 Å². The van der Waals surface area contributed by atoms with Gasteiger partial charge in [-0.25, -0.2) is 9.97 Å². The van der Waals surface area contributed by atoms with E-state index in [2.05, 4.69) is 15.0 Å². The number of hydrogen-bond acceptors (Lipinski definition) is 5. The van der Waals surface area contributed by atoms with Crippen molar-refractivity contribution in [1.29, 1.82) is 0 Å². The zero-order chi connectivity index (χ0) is 10.7. The van der Waals surface area contributed by atoms with Gasteiger partial charge >= 0.3 is 0 Å². The fraction of sp³-hybridized carbons (Fsp3) is 0.100. The quantitative estimate of drug-likeness (QED) is 0.743. The van der Waals surface area contributed by atoms with Crippen molar-refractivity contribution < 1.29 is 0 Å². The molecule has 2 heterocycles. The Morgan fingerprint density at radius 3 is 2.47 bits per heavy atom. The molecule has 0 atom stereocenters. The van der Waals surface area contributed by atoms with Gasteiger partial charge in [0.1, 0.15) is 17.5 Å². The van der Waals surface area contributed by atoms with Crippen molar-refractivity contribution in [2.45, 2.75) is 6.42 Å². The molecule has 5 heteroatoms. The first-order valence-electron chi connectivity index (χ1n) is 4.52. The van der Waals surface area contributed by atoms with Gasteiger partial charge in [-0.1, -0.05) is 6.07 Å². The molecule has 0 saturated carbocycles. The molecule has 15 heavy (non-hydrogen) atoms. The average Bonchev–Trinajstić information content (AvgIpc) is 2.17. The van der Waals surface area contributed by atoms with E-state index in [1.54, 1.807) is 12.4 Å². The average molecular weight is 201 g/mol. The van der Waals surface area contributed by atoms with Gasteiger partial charge < -0.3 is 11.5 Å². The van der Waals surface area contributed by atoms with E-state index < -0.39 is 0 Å². The maximum atomic E-state index is 5.57. The van der Waals surface area contributed by atoms with Crippen molar-refractivity contribution in [1.82, 2.24) is 15.0 Å². The topological polar surface area (TPSA) is 90.7 Å². The van der Waals surface area contributed by atoms with Crippen LogP contribution >= 0.6 is 0 Å². The molecule has 0 aliphatic rings. The van der Waals surface area contributed by atoms with Gasteiger partial charge in [0.25, 0.3) is 0 Å². The number of pyridine rings is 1. The van der Waals surface area contributed by atoms with Crippen LogP contribution in [0.5, 0.6) is 0 Å². The number of hydrogen-bond donors (Lipinski definition) is 2. The molecule has 5 nitrogen and oxygen atoms in total. The maximum absolute atomic E-state index is 5.57. The summed E-state index contributed by atoms with van der Waals surface area (Å²) in [4.78, 5) is 12.2. The second kappa shape index (κ2) is 3.91. The molecule has 0 fully saturated rings. The highest BCUT2D eigenvalue weighted by Gasteiger charge is 2.01. The molecule has 4 N–H and O–H groups in total. The predicted octanol–water partition coefficient (Wildman–Crippen LogP) is 0.627. The molecular formula is C10H11N5. The molecule has 0 radical (unpaired) electrons. The van der Waals surface area contributed by atoms with Gasteiger partial charge in [0.2, 0.25) is 0 Å². The van der Waals surface area contributed by atoms with Crippen molar-refractivity contribution in [3.8, 4) is 0 Å². The fourth-order valence-corrected chi connectivity index (χ4v) is 1.30. The molecule has 0 saturated heterocycles. The summed E-state index contributed by atoms with van der Waals surface area (Å²) in [6.07, 6.45) is 4.07. The second-order valence-electron chi connectivity index (χ2n) is 3.17. The highest BCUT2D eigenvalue weighted by atomic mass is 15.0. The molecule has 0 aromatic carbocycles. The SMILES string of the molecule is Nc1cc(N)nc(Cc2cccnc2)n1. The highest BCUT2D eigenvalue weighted by molar-refractivity contribution is 5.41. The van der Waals surface area contributed by atoms with E-state index in [1.807, 2.05) is 12.1 Å². The van der Waals surface area contributed by atoms with Gasteiger partial charge in [-0.3, -0.25) is 4.98 Å². The van der Waals surface area contributed by atoms with Crippen molar-refractivity contribution >= 4 is 11.6 Å². The van der Waals surface area contributed by atoms with E-state index in [9.17, 15) is 0 Å². The van der Waals surface area contributed by atoms with Crippen LogP contribution < -0.4 is 11.5 Å². The minimum Gasteiger partial charge on any atom is -0.384 e. The number of nitrogens with two attached hydrogens (primary N) is 2. The zero-order valence-corrected chi connectivity index (χ0v) is 8.09. The van der Waals surface area contributed by atoms with E-state index in [0.717, 1.165) is 5.56 Å². The summed E-state index contributed by atoms with van der Waals surface area (Å²) in [5.74, 6) is 1.39. The number of aromatic nitrogens is 3. The van der Waals surface area contributed by atoms with E-state index in [4.69, 9.17) is 11.5 Å². The van der Waals surface area contributed by atoms with Crippen LogP contribution in [-0.4, -0.2) is 15.0 Å². The lowest BCUT2D eigenvalue weighted by molar-refractivity contribution is 0.973. The van der Waals surface area contributed by atoms with Crippen LogP contribution in [0.2, 0.25) is 0 Å². The summed E-state index contributed by atoms with van der Waals surface area (Å²) in [5, 5.41) is 0. The van der Waals surface area contributed by atoms with Gasteiger partial charge in [-0.2, -0.15) is 0 Å². The molecule has 2 aromatic rings. The molecule has 76 valence electrons. The Kier molecular flexibility index (Phi) is 2.45. The Hall–Kier alpha value is -2.17. The third-order valence-corrected chi connectivity index (χ3v) is 1.90. The summed E-state index contributed by atoms with van der Waals surface area (Å²) in [5.41, 5.74) is 12.2. The van der Waals surface area contributed by atoms with Crippen LogP contribution in [0.25, 0.3) is 0 Å². The van der Waals surface area contributed by atoms with E-state index >= 15 is 0 Å². The summed E-state index contributed by atoms with van der Waals surface area (Å²) in [7, 11) is 0. The number of nitrogens with zero attached hydrogens (tertiary/aromatic N) is 3. The van der Waals surface area contributed by atoms with Crippen LogP contribution in [-0.2, 0) is 6.42 Å². The summed E-state index contributed by atoms with van der Waals surface area (Å²) >= 11 is 0. The van der Waals surface area contributed by atoms with Crippen molar-refractivity contribution in [3.05, 3.63) is 42.0 Å². The van der Waals surface area contributed by atoms with Crippen LogP contribution in [0.1, 0.15) is 11.4 Å². The standard InChI is InChI=1S/C10H11N5/c11-8-5-9(12)15-10(14-8)4-7-2-1-3-13-6-7/h1-3,5-6H,4H2,(H4,11,12,14,15). The normalized spacial score (nSPS) is 10.1. The minimum absolute atomic E-state index is 0.390. The van der Waals surface area contributed by atoms with Gasteiger partial charge in [-0.15, -0.1) is 0 Å². The summed E-state index contributed by atoms with van der Waals surface area (Å²) in [6, 6.07) is 5.35. The lowest BCUT2D eigenvalue weighted by Gasteiger charge is -2.02. The van der Waals surface area contributed by atoms with Crippen LogP contribution in [0, 0.1) is 0 Å². The van der Waals surface area contributed by atoms with Gasteiger partial charge in [-0.05, 0) is 11.6 Å². The Labute approximate surface area is 87.2 Å². The number of anilines is 2. The Morgan fingerprint density at radius 1 is 1.13 bits per heavy atom. The Morgan fingerprint density at radius 2 is 1.87 bits per heavy atom. The van der Waals surface area contributed by atoms with E-state index in [1.165, 1.54) is 6.07 Å². The fourth-order valence-electron chi connectivity index (χ4n) is 1.30. The Balaban J connectivity index is 2.25. The first kappa shape index (κ1) is 9.39. The second-order valence-corrected chi connectivity index (χ2v) is 3.17. The minimum atomic E-state index is 0.390. The summed E-state index contributed by atoms with van der Waals surface area (Å²) < 4.78 is 0. The highest BCUT2D eigenvalue weighted by Crippen LogP contribution is 2.08. The van der Waals surface area contributed by atoms with Gasteiger partial charge in [0, 0.05) is 24.9 Å². The molecule has 0 aliphatic heterocycles. The maximum Gasteiger partial charge on any atom is 0.137 e. The van der Waals surface area contributed by atoms with Crippen LogP contribution in [0.3, 0.4) is 0 Å². The van der Waals surface area contributed by atoms with Crippen LogP contribution in [0.4, 0.5) is 11.6 Å². The molecule has 0 spiro atoms. The third-order valence-electron chi connectivity index (χ3n) is 1.90. The lowest BCUT2D eigenvalue weighted by atomic mass is 10.2. The third kappa shape index (κ3) is 2.40. The predicted molar refractivity (Wildman–Crippen MR) is 57.9 cm³/mol. The van der Waals surface area contributed by atoms with Crippen LogP contribution in [0.15, 0.2) is 30.6 Å². The Bertz CT molecular complexity index is 434. The van der Waals surface area contributed by atoms with Gasteiger partial charge in [0.15, 0.2) is 0 Å². The summed E-state index contributed by atoms with van der Waals surface area (Å²) in [6.45, 7) is 0. The smallest absolute Gasteiger partial charge is 0.137 e. The molecule has 2 rings (SSSR count). The first-order chi connectivity index (χ1) is 7.24. The molecular weight excluding hydrogens is 190 g/mol. The molecule has 0 bridgehead atoms. The number of rotatable bonds is 2. The number of nitrogen functional groups attached to an aromatic ring is 2. The zero-order valence-electron chi connectivity index (χ0n) is 8.09. The lowest BCUT2D eigenvalue weighted by Crippen LogP contribution is -2.03. The first-order valence-corrected chi connectivity index (χ1v) is 4.52. The molecule has 0 amide bonds. The van der Waals surface area contributed by atoms with Crippen molar-refractivity contribution in [3.63, 3.8) is 0 Å². The van der Waals surface area contributed by atoms with E-state index in [-0.39, 0.29) is 0 Å². The molecule has 2 aromatic heterocycles. The monoisotopic (exact) mass is 201 g/mol. The largest absolute Gasteiger partial charge is 0.384 e.